The lowest BCUT2D eigenvalue weighted by atomic mass is 9.91. The van der Waals surface area contributed by atoms with Gasteiger partial charge in [0.1, 0.15) is 5.82 Å². The Morgan fingerprint density at radius 1 is 1.22 bits per heavy atom. The van der Waals surface area contributed by atoms with Crippen molar-refractivity contribution in [1.82, 2.24) is 0 Å². The van der Waals surface area contributed by atoms with Gasteiger partial charge in [-0.05, 0) is 18.6 Å². The second-order valence-electron chi connectivity index (χ2n) is 3.71. The third-order valence-electron chi connectivity index (χ3n) is 2.40. The molecule has 9 heteroatoms. The molecule has 1 amide bonds. The number of benzene rings is 1. The zero-order chi connectivity index (χ0) is 13.7. The lowest BCUT2D eigenvalue weighted by Crippen LogP contribution is -2.41. The van der Waals surface area contributed by atoms with Crippen molar-refractivity contribution in [2.75, 3.05) is 11.3 Å². The molecule has 1 aliphatic rings. The van der Waals surface area contributed by atoms with Crippen LogP contribution < -0.4 is 4.90 Å². The lowest BCUT2D eigenvalue weighted by molar-refractivity contribution is -0.114. The number of carbonyl (C=O) groups is 2. The molecule has 0 aliphatic carbocycles. The molecule has 1 aromatic carbocycles. The molecule has 1 aromatic rings. The first kappa shape index (κ1) is 12.9. The molecule has 0 radical (unpaired) electrons. The van der Waals surface area contributed by atoms with Crippen molar-refractivity contribution < 1.29 is 26.9 Å². The third kappa shape index (κ3) is 1.96. The Morgan fingerprint density at radius 2 is 1.83 bits per heavy atom. The van der Waals surface area contributed by atoms with E-state index in [1.807, 2.05) is 0 Å². The number of fused-ring (bicyclic) bond motifs is 1. The van der Waals surface area contributed by atoms with Gasteiger partial charge in [0, 0.05) is 0 Å². The molecule has 0 spiro atoms. The number of hydrogen-bond acceptors (Lipinski definition) is 2. The van der Waals surface area contributed by atoms with Gasteiger partial charge in [-0.3, -0.25) is 9.59 Å². The van der Waals surface area contributed by atoms with Gasteiger partial charge in [-0.15, -0.1) is 0 Å². The molecule has 1 aliphatic heterocycles. The van der Waals surface area contributed by atoms with Gasteiger partial charge in [0.15, 0.2) is 0 Å². The maximum Gasteiger partial charge on any atom is 0.497 e. The molecule has 0 N–H and O–H groups in total. The van der Waals surface area contributed by atoms with Crippen molar-refractivity contribution in [2.45, 2.75) is 0 Å². The number of hydrogen-bond donors (Lipinski definition) is 0. The zero-order valence-corrected chi connectivity index (χ0v) is 9.35. The highest BCUT2D eigenvalue weighted by molar-refractivity contribution is 6.63. The standard InChI is InChI=1S/C9H4BClF4NO2/c11-4-1-2-5(12)7-6(4)8(17)9(18)16(7)3-10(13,14)15/h1-2H,3H2/q-1. The van der Waals surface area contributed by atoms with Crippen LogP contribution in [0.3, 0.4) is 0 Å². The largest absolute Gasteiger partial charge is 0.497 e. The molecule has 0 saturated heterocycles. The van der Waals surface area contributed by atoms with E-state index in [1.165, 1.54) is 0 Å². The van der Waals surface area contributed by atoms with Crippen LogP contribution in [0.25, 0.3) is 0 Å². The highest BCUT2D eigenvalue weighted by Gasteiger charge is 2.42. The summed E-state index contributed by atoms with van der Waals surface area (Å²) in [4.78, 5) is 23.0. The van der Waals surface area contributed by atoms with E-state index in [0.29, 0.717) is 0 Å². The summed E-state index contributed by atoms with van der Waals surface area (Å²) in [7, 11) is 0. The molecule has 96 valence electrons. The number of halogens is 5. The predicted molar refractivity (Wildman–Crippen MR) is 57.2 cm³/mol. The zero-order valence-electron chi connectivity index (χ0n) is 8.59. The minimum absolute atomic E-state index is 0.0822. The van der Waals surface area contributed by atoms with Crippen molar-refractivity contribution in [3.05, 3.63) is 28.5 Å². The molecule has 0 bridgehead atoms. The van der Waals surface area contributed by atoms with E-state index in [2.05, 4.69) is 0 Å². The fraction of sp³-hybridized carbons (Fsp3) is 0.111. The van der Waals surface area contributed by atoms with Crippen LogP contribution in [0.4, 0.5) is 23.0 Å². The summed E-state index contributed by atoms with van der Waals surface area (Å²) in [5.41, 5.74) is -1.21. The topological polar surface area (TPSA) is 37.4 Å². The molecular weight excluding hydrogens is 276 g/mol. The molecular formula is C9H4BClF4NO2-. The summed E-state index contributed by atoms with van der Waals surface area (Å²) >= 11 is 5.60. The van der Waals surface area contributed by atoms with E-state index in [1.54, 1.807) is 0 Å². The Labute approximate surface area is 103 Å². The Hall–Kier alpha value is -1.57. The van der Waals surface area contributed by atoms with E-state index in [9.17, 15) is 26.9 Å². The molecule has 0 atom stereocenters. The van der Waals surface area contributed by atoms with Crippen molar-refractivity contribution in [1.29, 1.82) is 0 Å². The monoisotopic (exact) mass is 280 g/mol. The van der Waals surface area contributed by atoms with Gasteiger partial charge in [0.05, 0.1) is 16.3 Å². The summed E-state index contributed by atoms with van der Waals surface area (Å²) in [6.45, 7) is -5.38. The van der Waals surface area contributed by atoms with Gasteiger partial charge in [-0.25, -0.2) is 4.39 Å². The summed E-state index contributed by atoms with van der Waals surface area (Å²) < 4.78 is 50.5. The fourth-order valence-corrected chi connectivity index (χ4v) is 1.97. The van der Waals surface area contributed by atoms with Gasteiger partial charge in [0.2, 0.25) is 0 Å². The van der Waals surface area contributed by atoms with Crippen LogP contribution in [0.15, 0.2) is 12.1 Å². The summed E-state index contributed by atoms with van der Waals surface area (Å²) in [5, 5.41) is -0.248. The summed E-state index contributed by atoms with van der Waals surface area (Å²) in [6.07, 6.45) is -1.67. The third-order valence-corrected chi connectivity index (χ3v) is 2.72. The number of anilines is 1. The molecule has 0 unspecified atom stereocenters. The second kappa shape index (κ2) is 3.98. The molecule has 18 heavy (non-hydrogen) atoms. The minimum atomic E-state index is -5.38. The van der Waals surface area contributed by atoms with Crippen LogP contribution in [0.1, 0.15) is 10.4 Å². The van der Waals surface area contributed by atoms with Gasteiger partial charge in [0.25, 0.3) is 11.7 Å². The van der Waals surface area contributed by atoms with Crippen molar-refractivity contribution in [2.24, 2.45) is 0 Å². The van der Waals surface area contributed by atoms with Crippen LogP contribution in [0.2, 0.25) is 5.02 Å². The van der Waals surface area contributed by atoms with Gasteiger partial charge < -0.3 is 17.8 Å². The van der Waals surface area contributed by atoms with Crippen LogP contribution in [0.5, 0.6) is 0 Å². The van der Waals surface area contributed by atoms with Crippen LogP contribution in [0, 0.1) is 5.82 Å². The maximum absolute atomic E-state index is 13.5. The highest BCUT2D eigenvalue weighted by atomic mass is 35.5. The number of nitrogens with zero attached hydrogens (tertiary/aromatic N) is 1. The molecule has 0 fully saturated rings. The van der Waals surface area contributed by atoms with Crippen LogP contribution in [-0.2, 0) is 4.79 Å². The maximum atomic E-state index is 13.5. The number of rotatable bonds is 2. The fourth-order valence-electron chi connectivity index (χ4n) is 1.73. The van der Waals surface area contributed by atoms with Gasteiger partial charge >= 0.3 is 6.98 Å². The van der Waals surface area contributed by atoms with Crippen LogP contribution >= 0.6 is 11.6 Å². The quantitative estimate of drug-likeness (QED) is 0.474. The molecule has 3 nitrogen and oxygen atoms in total. The molecule has 1 heterocycles. The van der Waals surface area contributed by atoms with E-state index in [4.69, 9.17) is 11.6 Å². The van der Waals surface area contributed by atoms with E-state index >= 15 is 0 Å². The Bertz CT molecular complexity index is 560. The second-order valence-corrected chi connectivity index (χ2v) is 4.12. The summed E-state index contributed by atoms with van der Waals surface area (Å²) in [5.74, 6) is -3.74. The highest BCUT2D eigenvalue weighted by Crippen LogP contribution is 2.37. The van der Waals surface area contributed by atoms with E-state index in [-0.39, 0.29) is 9.92 Å². The minimum Gasteiger partial charge on any atom is -0.448 e. The summed E-state index contributed by atoms with van der Waals surface area (Å²) in [6, 6.07) is 1.83. The first-order valence-corrected chi connectivity index (χ1v) is 5.15. The average Bonchev–Trinajstić information content (AvgIpc) is 2.48. The van der Waals surface area contributed by atoms with Crippen LogP contribution in [-0.4, -0.2) is 25.1 Å². The molecule has 0 aromatic heterocycles. The smallest absolute Gasteiger partial charge is 0.448 e. The number of carbonyl (C=O) groups excluding carboxylic acids is 2. The number of Topliss-reactive ketones (excluding diaryl/α,β-unsaturated/α-hetero) is 1. The predicted octanol–water partition coefficient (Wildman–Crippen LogP) is 2.40. The number of ketones is 1. The van der Waals surface area contributed by atoms with Crippen molar-refractivity contribution in [3.8, 4) is 0 Å². The van der Waals surface area contributed by atoms with Crippen molar-refractivity contribution in [3.63, 3.8) is 0 Å². The van der Waals surface area contributed by atoms with Gasteiger partial charge in [-0.2, -0.15) is 0 Å². The van der Waals surface area contributed by atoms with Gasteiger partial charge in [-0.1, -0.05) is 11.6 Å². The average molecular weight is 280 g/mol. The normalized spacial score (nSPS) is 15.3. The number of amides is 1. The molecule has 2 rings (SSSR count). The molecule has 0 saturated carbocycles. The Morgan fingerprint density at radius 3 is 2.39 bits per heavy atom. The van der Waals surface area contributed by atoms with Crippen molar-refractivity contribution >= 4 is 36.0 Å². The lowest BCUT2D eigenvalue weighted by Gasteiger charge is -2.23. The Kier molecular flexibility index (Phi) is 2.85. The first-order chi connectivity index (χ1) is 8.22. The van der Waals surface area contributed by atoms with E-state index < -0.39 is 42.2 Å². The SMILES string of the molecule is O=C1C(=O)N(C[B-](F)(F)F)c2c(F)ccc(Cl)c21. The van der Waals surface area contributed by atoms with E-state index in [0.717, 1.165) is 12.1 Å². The first-order valence-electron chi connectivity index (χ1n) is 4.77. The Balaban J connectivity index is 2.58.